The third-order valence-corrected chi connectivity index (χ3v) is 5.96. The van der Waals surface area contributed by atoms with E-state index in [9.17, 15) is 15.3 Å². The van der Waals surface area contributed by atoms with Gasteiger partial charge in [-0.15, -0.1) is 0 Å². The smallest absolute Gasteiger partial charge is 0.282 e. The molecule has 3 nitrogen and oxygen atoms in total. The zero-order valence-electron chi connectivity index (χ0n) is 21.0. The SMILES string of the molecule is CC(C)=CCCC(C)=CCC(CC=C(C)CCC=C(C)C)(Cc1ccccc1)C(O)(O)O. The van der Waals surface area contributed by atoms with Gasteiger partial charge in [-0.1, -0.05) is 76.9 Å². The summed E-state index contributed by atoms with van der Waals surface area (Å²) in [6.07, 6.45) is 13.4. The van der Waals surface area contributed by atoms with Gasteiger partial charge in [0.25, 0.3) is 5.97 Å². The van der Waals surface area contributed by atoms with Crippen LogP contribution >= 0.6 is 0 Å². The van der Waals surface area contributed by atoms with E-state index in [1.807, 2.05) is 30.3 Å². The highest BCUT2D eigenvalue weighted by Crippen LogP contribution is 2.41. The summed E-state index contributed by atoms with van der Waals surface area (Å²) in [5, 5.41) is 31.6. The maximum atomic E-state index is 10.5. The Bertz CT molecular complexity index is 757. The Morgan fingerprint density at radius 1 is 0.688 bits per heavy atom. The molecule has 1 aromatic carbocycles. The molecule has 3 heteroatoms. The summed E-state index contributed by atoms with van der Waals surface area (Å²) < 4.78 is 0. The van der Waals surface area contributed by atoms with Gasteiger partial charge in [-0.05, 0) is 92.1 Å². The molecule has 0 saturated heterocycles. The van der Waals surface area contributed by atoms with Gasteiger partial charge in [0.2, 0.25) is 0 Å². The molecule has 0 radical (unpaired) electrons. The molecule has 0 bridgehead atoms. The van der Waals surface area contributed by atoms with Crippen LogP contribution in [0.4, 0.5) is 0 Å². The van der Waals surface area contributed by atoms with Gasteiger partial charge in [0.1, 0.15) is 0 Å². The zero-order chi connectivity index (χ0) is 24.2. The first-order chi connectivity index (χ1) is 14.9. The zero-order valence-corrected chi connectivity index (χ0v) is 21.0. The van der Waals surface area contributed by atoms with Crippen molar-refractivity contribution < 1.29 is 15.3 Å². The van der Waals surface area contributed by atoms with Crippen LogP contribution < -0.4 is 0 Å². The second-order valence-electron chi connectivity index (χ2n) is 9.73. The Labute approximate surface area is 195 Å². The van der Waals surface area contributed by atoms with Crippen molar-refractivity contribution in [1.29, 1.82) is 0 Å². The van der Waals surface area contributed by atoms with Gasteiger partial charge in [0.05, 0.1) is 5.41 Å². The normalized spacial score (nSPS) is 14.7. The highest BCUT2D eigenvalue weighted by molar-refractivity contribution is 5.19. The van der Waals surface area contributed by atoms with Crippen LogP contribution in [0.15, 0.2) is 76.9 Å². The highest BCUT2D eigenvalue weighted by atomic mass is 16.7. The maximum Gasteiger partial charge on any atom is 0.282 e. The Kier molecular flexibility index (Phi) is 11.9. The summed E-state index contributed by atoms with van der Waals surface area (Å²) in [6, 6.07) is 9.76. The Balaban J connectivity index is 3.17. The summed E-state index contributed by atoms with van der Waals surface area (Å²) in [6.45, 7) is 12.5. The average molecular weight is 441 g/mol. The number of benzene rings is 1. The largest absolute Gasteiger partial charge is 0.343 e. The van der Waals surface area contributed by atoms with Gasteiger partial charge in [-0.3, -0.25) is 0 Å². The monoisotopic (exact) mass is 440 g/mol. The minimum Gasteiger partial charge on any atom is -0.343 e. The molecule has 0 atom stereocenters. The molecule has 1 aromatic rings. The van der Waals surface area contributed by atoms with E-state index in [1.165, 1.54) is 22.3 Å². The van der Waals surface area contributed by atoms with E-state index in [4.69, 9.17) is 0 Å². The van der Waals surface area contributed by atoms with Crippen molar-refractivity contribution in [3.63, 3.8) is 0 Å². The Hall–Kier alpha value is -1.94. The summed E-state index contributed by atoms with van der Waals surface area (Å²) in [5.41, 5.74) is 4.81. The fraction of sp³-hybridized carbons (Fsp3) is 0.517. The standard InChI is InChI=1S/C29H44O3/c1-23(2)12-10-14-25(5)18-20-28(29(30,31)32,22-27-16-8-7-9-17-27)21-19-26(6)15-11-13-24(3)4/h7-9,12-13,16-19,30-32H,10-11,14-15,20-22H2,1-6H3. The molecule has 0 fully saturated rings. The first kappa shape index (κ1) is 28.1. The molecule has 0 aliphatic carbocycles. The molecule has 0 aliphatic heterocycles. The van der Waals surface area contributed by atoms with Crippen molar-refractivity contribution in [2.75, 3.05) is 0 Å². The van der Waals surface area contributed by atoms with Gasteiger partial charge in [0, 0.05) is 0 Å². The first-order valence-electron chi connectivity index (χ1n) is 11.7. The topological polar surface area (TPSA) is 60.7 Å². The van der Waals surface area contributed by atoms with Crippen LogP contribution in [0.2, 0.25) is 0 Å². The highest BCUT2D eigenvalue weighted by Gasteiger charge is 2.47. The van der Waals surface area contributed by atoms with Crippen LogP contribution in [0.3, 0.4) is 0 Å². The molecule has 178 valence electrons. The van der Waals surface area contributed by atoms with Crippen LogP contribution in [0.5, 0.6) is 0 Å². The van der Waals surface area contributed by atoms with Gasteiger partial charge < -0.3 is 15.3 Å². The van der Waals surface area contributed by atoms with E-state index in [-0.39, 0.29) is 0 Å². The van der Waals surface area contributed by atoms with Crippen LogP contribution in [-0.4, -0.2) is 21.3 Å². The molecule has 32 heavy (non-hydrogen) atoms. The molecule has 0 saturated carbocycles. The first-order valence-corrected chi connectivity index (χ1v) is 11.7. The Morgan fingerprint density at radius 2 is 1.12 bits per heavy atom. The maximum absolute atomic E-state index is 10.5. The van der Waals surface area contributed by atoms with E-state index < -0.39 is 11.4 Å². The molecular weight excluding hydrogens is 396 g/mol. The van der Waals surface area contributed by atoms with E-state index >= 15 is 0 Å². The lowest BCUT2D eigenvalue weighted by Crippen LogP contribution is -2.49. The van der Waals surface area contributed by atoms with Gasteiger partial charge in [0.15, 0.2) is 0 Å². The second kappa shape index (κ2) is 13.6. The van der Waals surface area contributed by atoms with E-state index in [0.29, 0.717) is 19.3 Å². The fourth-order valence-corrected chi connectivity index (χ4v) is 3.73. The minimum atomic E-state index is -2.80. The van der Waals surface area contributed by atoms with Crippen LogP contribution in [-0.2, 0) is 6.42 Å². The minimum absolute atomic E-state index is 0.368. The lowest BCUT2D eigenvalue weighted by atomic mass is 9.72. The molecule has 0 amide bonds. The molecule has 0 unspecified atom stereocenters. The van der Waals surface area contributed by atoms with Crippen LogP contribution in [0, 0.1) is 5.41 Å². The van der Waals surface area contributed by atoms with Gasteiger partial charge in [-0.25, -0.2) is 0 Å². The van der Waals surface area contributed by atoms with Crippen molar-refractivity contribution in [2.24, 2.45) is 5.41 Å². The summed E-state index contributed by atoms with van der Waals surface area (Å²) in [5.74, 6) is -2.80. The lowest BCUT2D eigenvalue weighted by Gasteiger charge is -2.39. The van der Waals surface area contributed by atoms with Crippen molar-refractivity contribution in [2.45, 2.75) is 92.5 Å². The quantitative estimate of drug-likeness (QED) is 0.228. The number of hydrogen-bond donors (Lipinski definition) is 3. The number of rotatable bonds is 13. The van der Waals surface area contributed by atoms with Crippen molar-refractivity contribution >= 4 is 0 Å². The number of hydrogen-bond acceptors (Lipinski definition) is 3. The summed E-state index contributed by atoms with van der Waals surface area (Å²) in [4.78, 5) is 0. The molecule has 0 heterocycles. The molecule has 0 aromatic heterocycles. The Morgan fingerprint density at radius 3 is 1.50 bits per heavy atom. The van der Waals surface area contributed by atoms with Gasteiger partial charge >= 0.3 is 0 Å². The molecule has 0 aliphatic rings. The van der Waals surface area contributed by atoms with E-state index in [1.54, 1.807) is 0 Å². The predicted octanol–water partition coefficient (Wildman–Crippen LogP) is 7.01. The predicted molar refractivity (Wildman–Crippen MR) is 136 cm³/mol. The van der Waals surface area contributed by atoms with Crippen molar-refractivity contribution in [3.8, 4) is 0 Å². The van der Waals surface area contributed by atoms with Gasteiger partial charge in [-0.2, -0.15) is 0 Å². The van der Waals surface area contributed by atoms with Crippen molar-refractivity contribution in [1.82, 2.24) is 0 Å². The third kappa shape index (κ3) is 10.6. The molecule has 1 rings (SSSR count). The van der Waals surface area contributed by atoms with E-state index in [2.05, 4.69) is 65.8 Å². The number of aliphatic hydroxyl groups is 3. The summed E-state index contributed by atoms with van der Waals surface area (Å²) in [7, 11) is 0. The fourth-order valence-electron chi connectivity index (χ4n) is 3.73. The third-order valence-electron chi connectivity index (χ3n) is 5.96. The van der Waals surface area contributed by atoms with Crippen LogP contribution in [0.25, 0.3) is 0 Å². The number of allylic oxidation sites excluding steroid dienone is 8. The van der Waals surface area contributed by atoms with Crippen LogP contribution in [0.1, 0.15) is 85.6 Å². The van der Waals surface area contributed by atoms with Crippen molar-refractivity contribution in [3.05, 3.63) is 82.5 Å². The second-order valence-corrected chi connectivity index (χ2v) is 9.73. The molecule has 0 spiro atoms. The summed E-state index contributed by atoms with van der Waals surface area (Å²) >= 11 is 0. The average Bonchev–Trinajstić information content (AvgIpc) is 2.69. The molecular formula is C29H44O3. The van der Waals surface area contributed by atoms with E-state index in [0.717, 1.165) is 31.2 Å². The molecule has 3 N–H and O–H groups in total. The lowest BCUT2D eigenvalue weighted by molar-refractivity contribution is -0.374.